The van der Waals surface area contributed by atoms with Crippen molar-refractivity contribution in [2.24, 2.45) is 5.73 Å². The third kappa shape index (κ3) is 4.19. The molecule has 0 heterocycles. The highest BCUT2D eigenvalue weighted by Gasteiger charge is 2.35. The number of rotatable bonds is 2. The third-order valence-electron chi connectivity index (χ3n) is 0.749. The van der Waals surface area contributed by atoms with Gasteiger partial charge in [0, 0.05) is 0 Å². The molecule has 0 aliphatic carbocycles. The summed E-state index contributed by atoms with van der Waals surface area (Å²) in [5, 5.41) is 0. The molecule has 0 spiro atoms. The van der Waals surface area contributed by atoms with Crippen molar-refractivity contribution in [1.82, 2.24) is 0 Å². The monoisotopic (exact) mass is 165 g/mol. The van der Waals surface area contributed by atoms with Gasteiger partial charge in [0.2, 0.25) is 0 Å². The van der Waals surface area contributed by atoms with Gasteiger partial charge in [0.15, 0.2) is 0 Å². The molecule has 2 N–H and O–H groups in total. The zero-order chi connectivity index (χ0) is 8.91. The van der Waals surface area contributed by atoms with E-state index < -0.39 is 12.0 Å². The molecule has 0 saturated carbocycles. The quantitative estimate of drug-likeness (QED) is 0.492. The van der Waals surface area contributed by atoms with Gasteiger partial charge >= 0.3 is 6.18 Å². The molecule has 0 aliphatic rings. The van der Waals surface area contributed by atoms with Crippen molar-refractivity contribution in [1.29, 1.82) is 0 Å². The van der Waals surface area contributed by atoms with Gasteiger partial charge in [-0.3, -0.25) is 4.79 Å². The van der Waals surface area contributed by atoms with Crippen LogP contribution in [0.2, 0.25) is 0 Å². The molecule has 0 amide bonds. The van der Waals surface area contributed by atoms with Gasteiger partial charge in [-0.15, -0.1) is 0 Å². The lowest BCUT2D eigenvalue weighted by Crippen LogP contribution is -2.19. The summed E-state index contributed by atoms with van der Waals surface area (Å²) in [7, 11) is 0. The second-order valence-electron chi connectivity index (χ2n) is 1.61. The number of alkyl halides is 3. The topological polar surface area (TPSA) is 43.1 Å². The Morgan fingerprint density at radius 2 is 1.82 bits per heavy atom. The molecule has 0 aliphatic heterocycles. The van der Waals surface area contributed by atoms with Crippen LogP contribution in [0.1, 0.15) is 0 Å². The summed E-state index contributed by atoms with van der Waals surface area (Å²) < 4.78 is 34.3. The van der Waals surface area contributed by atoms with Crippen LogP contribution in [0.4, 0.5) is 13.2 Å². The molecule has 0 unspecified atom stereocenters. The largest absolute Gasteiger partial charge is 0.454 e. The fourth-order valence-corrected chi connectivity index (χ4v) is 0.302. The number of hydrogen-bond acceptors (Lipinski definition) is 2. The minimum Gasteiger partial charge on any atom is -0.405 e. The highest BCUT2D eigenvalue weighted by atomic mass is 19.4. The third-order valence-corrected chi connectivity index (χ3v) is 0.749. The van der Waals surface area contributed by atoms with E-state index in [1.807, 2.05) is 0 Å². The Kier molecular flexibility index (Phi) is 3.36. The summed E-state index contributed by atoms with van der Waals surface area (Å²) in [5.41, 5.74) is 4.80. The number of ketones is 1. The van der Waals surface area contributed by atoms with E-state index in [1.54, 1.807) is 0 Å². The van der Waals surface area contributed by atoms with Crippen LogP contribution >= 0.6 is 0 Å². The summed E-state index contributed by atoms with van der Waals surface area (Å²) >= 11 is 0. The van der Waals surface area contributed by atoms with Crippen molar-refractivity contribution < 1.29 is 18.0 Å². The molecule has 0 aromatic carbocycles. The second-order valence-corrected chi connectivity index (χ2v) is 1.61. The Bertz CT molecular complexity index is 192. The first-order valence-corrected chi connectivity index (χ1v) is 2.64. The first-order valence-electron chi connectivity index (χ1n) is 2.64. The lowest BCUT2D eigenvalue weighted by Gasteiger charge is -1.97. The van der Waals surface area contributed by atoms with Crippen LogP contribution in [0, 0.1) is 0 Å². The van der Waals surface area contributed by atoms with E-state index in [-0.39, 0.29) is 0 Å². The van der Waals surface area contributed by atoms with Crippen molar-refractivity contribution in [3.63, 3.8) is 0 Å². The van der Waals surface area contributed by atoms with E-state index in [4.69, 9.17) is 5.73 Å². The van der Waals surface area contributed by atoms with Crippen LogP contribution in [0.25, 0.3) is 0 Å². The van der Waals surface area contributed by atoms with E-state index in [0.29, 0.717) is 6.08 Å². The lowest BCUT2D eigenvalue weighted by atomic mass is 10.3. The normalized spacial score (nSPS) is 13.0. The van der Waals surface area contributed by atoms with E-state index in [0.717, 1.165) is 18.4 Å². The molecular weight excluding hydrogens is 159 g/mol. The highest BCUT2D eigenvalue weighted by Crippen LogP contribution is 2.16. The van der Waals surface area contributed by atoms with E-state index in [9.17, 15) is 18.0 Å². The molecule has 0 bridgehead atoms. The van der Waals surface area contributed by atoms with Gasteiger partial charge in [-0.2, -0.15) is 13.2 Å². The van der Waals surface area contributed by atoms with Crippen LogP contribution in [0.15, 0.2) is 24.4 Å². The van der Waals surface area contributed by atoms with Gasteiger partial charge in [0.1, 0.15) is 0 Å². The molecule has 0 radical (unpaired) electrons. The molecule has 5 heteroatoms. The summed E-state index contributed by atoms with van der Waals surface area (Å²) in [6, 6.07) is 0. The van der Waals surface area contributed by atoms with Crippen molar-refractivity contribution in [2.45, 2.75) is 6.18 Å². The van der Waals surface area contributed by atoms with Crippen molar-refractivity contribution >= 4 is 5.78 Å². The number of carbonyl (C=O) groups excluding carboxylic acids is 1. The van der Waals surface area contributed by atoms with Gasteiger partial charge in [0.05, 0.1) is 0 Å². The summed E-state index contributed by atoms with van der Waals surface area (Å²) in [4.78, 5) is 10.1. The van der Waals surface area contributed by atoms with E-state index >= 15 is 0 Å². The summed E-state index contributed by atoms with van der Waals surface area (Å²) in [6.45, 7) is 0. The zero-order valence-corrected chi connectivity index (χ0v) is 5.43. The molecule has 0 atom stereocenters. The van der Waals surface area contributed by atoms with Gasteiger partial charge in [-0.25, -0.2) is 0 Å². The number of carbonyl (C=O) groups is 1. The maximum Gasteiger partial charge on any atom is 0.454 e. The maximum absolute atomic E-state index is 11.4. The number of halogens is 3. The van der Waals surface area contributed by atoms with Crippen molar-refractivity contribution in [2.75, 3.05) is 0 Å². The van der Waals surface area contributed by atoms with Crippen molar-refractivity contribution in [3.05, 3.63) is 24.4 Å². The van der Waals surface area contributed by atoms with Gasteiger partial charge < -0.3 is 5.73 Å². The van der Waals surface area contributed by atoms with Crippen LogP contribution in [0.3, 0.4) is 0 Å². The smallest absolute Gasteiger partial charge is 0.405 e. The van der Waals surface area contributed by atoms with Crippen LogP contribution in [-0.2, 0) is 4.79 Å². The summed E-state index contributed by atoms with van der Waals surface area (Å²) in [6.07, 6.45) is -1.30. The second kappa shape index (κ2) is 3.80. The Balaban J connectivity index is 4.08. The minimum atomic E-state index is -4.79. The molecule has 11 heavy (non-hydrogen) atoms. The summed E-state index contributed by atoms with van der Waals surface area (Å²) in [5.74, 6) is -1.89. The molecule has 0 rings (SSSR count). The molecule has 0 aromatic rings. The van der Waals surface area contributed by atoms with Crippen LogP contribution in [-0.4, -0.2) is 12.0 Å². The van der Waals surface area contributed by atoms with Gasteiger partial charge in [0.25, 0.3) is 5.78 Å². The SMILES string of the molecule is NC=CC=CC(=O)C(F)(F)F. The Labute approximate surface area is 61.2 Å². The number of nitrogens with two attached hydrogens (primary N) is 1. The number of allylic oxidation sites excluding steroid dienone is 3. The fraction of sp³-hybridized carbons (Fsp3) is 0.167. The molecule has 0 saturated heterocycles. The minimum absolute atomic E-state index is 0.406. The molecule has 62 valence electrons. The van der Waals surface area contributed by atoms with Crippen LogP contribution in [0.5, 0.6) is 0 Å². The number of hydrogen-bond donors (Lipinski definition) is 1. The van der Waals surface area contributed by atoms with E-state index in [1.165, 1.54) is 0 Å². The Morgan fingerprint density at radius 3 is 2.18 bits per heavy atom. The predicted molar refractivity (Wildman–Crippen MR) is 33.5 cm³/mol. The standard InChI is InChI=1S/C6H6F3NO/c7-6(8,9)5(11)3-1-2-4-10/h1-4H,10H2. The predicted octanol–water partition coefficient (Wildman–Crippen LogP) is 1.15. The zero-order valence-electron chi connectivity index (χ0n) is 5.43. The first-order chi connectivity index (χ1) is 4.98. The lowest BCUT2D eigenvalue weighted by molar-refractivity contribution is -0.165. The van der Waals surface area contributed by atoms with Crippen LogP contribution < -0.4 is 5.73 Å². The first kappa shape index (κ1) is 9.74. The molecule has 2 nitrogen and oxygen atoms in total. The highest BCUT2D eigenvalue weighted by molar-refractivity contribution is 5.94. The Hall–Kier alpha value is -1.26. The Morgan fingerprint density at radius 1 is 1.27 bits per heavy atom. The van der Waals surface area contributed by atoms with Crippen molar-refractivity contribution in [3.8, 4) is 0 Å². The molecular formula is C6H6F3NO. The molecule has 0 aromatic heterocycles. The van der Waals surface area contributed by atoms with Gasteiger partial charge in [-0.1, -0.05) is 6.08 Å². The average molecular weight is 165 g/mol. The maximum atomic E-state index is 11.4. The molecule has 0 fully saturated rings. The average Bonchev–Trinajstić information content (AvgIpc) is 1.86. The van der Waals surface area contributed by atoms with Gasteiger partial charge in [-0.05, 0) is 18.4 Å². The fourth-order valence-electron chi connectivity index (χ4n) is 0.302. The van der Waals surface area contributed by atoms with E-state index in [2.05, 4.69) is 0 Å².